The molecule has 110 valence electrons. The predicted molar refractivity (Wildman–Crippen MR) is 82.8 cm³/mol. The zero-order chi connectivity index (χ0) is 15.1. The molecule has 1 unspecified atom stereocenters. The average Bonchev–Trinajstić information content (AvgIpc) is 2.54. The molecule has 1 N–H and O–H groups in total. The minimum atomic E-state index is -0.519. The van der Waals surface area contributed by atoms with Crippen LogP contribution in [0.15, 0.2) is 54.6 Å². The summed E-state index contributed by atoms with van der Waals surface area (Å²) in [4.78, 5) is 12.2. The van der Waals surface area contributed by atoms with Gasteiger partial charge in [-0.05, 0) is 42.8 Å². The van der Waals surface area contributed by atoms with Gasteiger partial charge in [0.15, 0.2) is 6.10 Å². The van der Waals surface area contributed by atoms with E-state index in [-0.39, 0.29) is 5.91 Å². The number of para-hydroxylation sites is 1. The van der Waals surface area contributed by atoms with Gasteiger partial charge in [-0.25, -0.2) is 0 Å². The number of ether oxygens (including phenoxy) is 2. The molecule has 0 radical (unpaired) electrons. The maximum Gasteiger partial charge on any atom is 0.265 e. The van der Waals surface area contributed by atoms with E-state index in [4.69, 9.17) is 9.47 Å². The summed E-state index contributed by atoms with van der Waals surface area (Å²) in [5.41, 5.74) is 0.718. The SMILES string of the molecule is CCC(Oc1ccccc1)C(=O)Nc1ccc(OC)cc1. The number of carbonyl (C=O) groups excluding carboxylic acids is 1. The second-order valence-electron chi connectivity index (χ2n) is 4.55. The zero-order valence-electron chi connectivity index (χ0n) is 12.2. The number of nitrogens with one attached hydrogen (secondary N) is 1. The van der Waals surface area contributed by atoms with Gasteiger partial charge in [0.2, 0.25) is 0 Å². The Morgan fingerprint density at radius 1 is 1.05 bits per heavy atom. The van der Waals surface area contributed by atoms with Gasteiger partial charge in [-0.1, -0.05) is 25.1 Å². The van der Waals surface area contributed by atoms with Crippen molar-refractivity contribution in [3.63, 3.8) is 0 Å². The second-order valence-corrected chi connectivity index (χ2v) is 4.55. The van der Waals surface area contributed by atoms with Crippen molar-refractivity contribution < 1.29 is 14.3 Å². The Balaban J connectivity index is 1.99. The highest BCUT2D eigenvalue weighted by atomic mass is 16.5. The van der Waals surface area contributed by atoms with Gasteiger partial charge in [-0.15, -0.1) is 0 Å². The van der Waals surface area contributed by atoms with Crippen molar-refractivity contribution in [2.45, 2.75) is 19.4 Å². The summed E-state index contributed by atoms with van der Waals surface area (Å²) < 4.78 is 10.8. The number of rotatable bonds is 6. The number of hydrogen-bond acceptors (Lipinski definition) is 3. The lowest BCUT2D eigenvalue weighted by atomic mass is 10.2. The molecule has 0 aliphatic heterocycles. The molecule has 2 aromatic carbocycles. The van der Waals surface area contributed by atoms with E-state index in [1.807, 2.05) is 37.3 Å². The van der Waals surface area contributed by atoms with Gasteiger partial charge in [0.25, 0.3) is 5.91 Å². The topological polar surface area (TPSA) is 47.6 Å². The van der Waals surface area contributed by atoms with E-state index in [1.54, 1.807) is 31.4 Å². The maximum atomic E-state index is 12.2. The first-order chi connectivity index (χ1) is 10.2. The number of anilines is 1. The molecule has 0 fully saturated rings. The first-order valence-corrected chi connectivity index (χ1v) is 6.89. The minimum absolute atomic E-state index is 0.161. The van der Waals surface area contributed by atoms with Gasteiger partial charge < -0.3 is 14.8 Å². The van der Waals surface area contributed by atoms with Crippen LogP contribution in [0.4, 0.5) is 5.69 Å². The lowest BCUT2D eigenvalue weighted by molar-refractivity contribution is -0.122. The highest BCUT2D eigenvalue weighted by molar-refractivity contribution is 5.94. The lowest BCUT2D eigenvalue weighted by Crippen LogP contribution is -2.32. The van der Waals surface area contributed by atoms with Gasteiger partial charge in [0.1, 0.15) is 11.5 Å². The summed E-state index contributed by atoms with van der Waals surface area (Å²) in [5, 5.41) is 2.84. The van der Waals surface area contributed by atoms with E-state index in [2.05, 4.69) is 5.32 Å². The van der Waals surface area contributed by atoms with Crippen molar-refractivity contribution in [1.29, 1.82) is 0 Å². The summed E-state index contributed by atoms with van der Waals surface area (Å²) >= 11 is 0. The zero-order valence-corrected chi connectivity index (χ0v) is 12.2. The standard InChI is InChI=1S/C17H19NO3/c1-3-16(21-15-7-5-4-6-8-15)17(19)18-13-9-11-14(20-2)12-10-13/h4-12,16H,3H2,1-2H3,(H,18,19). The molecular formula is C17H19NO3. The molecule has 21 heavy (non-hydrogen) atoms. The lowest BCUT2D eigenvalue weighted by Gasteiger charge is -2.17. The third kappa shape index (κ3) is 4.24. The third-order valence-electron chi connectivity index (χ3n) is 3.04. The molecule has 0 bridgehead atoms. The predicted octanol–water partition coefficient (Wildman–Crippen LogP) is 3.49. The van der Waals surface area contributed by atoms with Crippen molar-refractivity contribution in [2.24, 2.45) is 0 Å². The van der Waals surface area contributed by atoms with Gasteiger partial charge >= 0.3 is 0 Å². The molecule has 0 heterocycles. The van der Waals surface area contributed by atoms with Crippen molar-refractivity contribution in [1.82, 2.24) is 0 Å². The van der Waals surface area contributed by atoms with Crippen LogP contribution in [0.3, 0.4) is 0 Å². The Morgan fingerprint density at radius 2 is 1.71 bits per heavy atom. The van der Waals surface area contributed by atoms with E-state index in [0.29, 0.717) is 12.2 Å². The number of carbonyl (C=O) groups is 1. The van der Waals surface area contributed by atoms with E-state index in [0.717, 1.165) is 11.4 Å². The second kappa shape index (κ2) is 7.33. The van der Waals surface area contributed by atoms with Crippen molar-refractivity contribution >= 4 is 11.6 Å². The van der Waals surface area contributed by atoms with Crippen LogP contribution in [0.1, 0.15) is 13.3 Å². The van der Waals surface area contributed by atoms with Crippen LogP contribution in [-0.2, 0) is 4.79 Å². The number of hydrogen-bond donors (Lipinski definition) is 1. The van der Waals surface area contributed by atoms with Crippen molar-refractivity contribution in [3.8, 4) is 11.5 Å². The fourth-order valence-electron chi connectivity index (χ4n) is 1.88. The van der Waals surface area contributed by atoms with Crippen LogP contribution < -0.4 is 14.8 Å². The molecule has 4 heteroatoms. The van der Waals surface area contributed by atoms with E-state index >= 15 is 0 Å². The molecule has 0 saturated carbocycles. The molecule has 0 aromatic heterocycles. The van der Waals surface area contributed by atoms with Crippen molar-refractivity contribution in [2.75, 3.05) is 12.4 Å². The van der Waals surface area contributed by atoms with E-state index < -0.39 is 6.10 Å². The fraction of sp³-hybridized carbons (Fsp3) is 0.235. The minimum Gasteiger partial charge on any atom is -0.497 e. The Bertz CT molecular complexity index is 566. The molecule has 0 aliphatic rings. The maximum absolute atomic E-state index is 12.2. The van der Waals surface area contributed by atoms with E-state index in [9.17, 15) is 4.79 Å². The van der Waals surface area contributed by atoms with Gasteiger partial charge in [0.05, 0.1) is 7.11 Å². The smallest absolute Gasteiger partial charge is 0.265 e. The molecular weight excluding hydrogens is 266 g/mol. The fourth-order valence-corrected chi connectivity index (χ4v) is 1.88. The quantitative estimate of drug-likeness (QED) is 0.883. The van der Waals surface area contributed by atoms with Gasteiger partial charge in [0, 0.05) is 5.69 Å². The summed E-state index contributed by atoms with van der Waals surface area (Å²) in [6.07, 6.45) is 0.0751. The molecule has 0 saturated heterocycles. The van der Waals surface area contributed by atoms with Crippen molar-refractivity contribution in [3.05, 3.63) is 54.6 Å². The highest BCUT2D eigenvalue weighted by Gasteiger charge is 2.18. The van der Waals surface area contributed by atoms with Crippen LogP contribution in [0.5, 0.6) is 11.5 Å². The molecule has 2 aromatic rings. The normalized spacial score (nSPS) is 11.5. The van der Waals surface area contributed by atoms with Gasteiger partial charge in [-0.2, -0.15) is 0 Å². The van der Waals surface area contributed by atoms with Crippen LogP contribution in [0.2, 0.25) is 0 Å². The third-order valence-corrected chi connectivity index (χ3v) is 3.04. The highest BCUT2D eigenvalue weighted by Crippen LogP contribution is 2.17. The van der Waals surface area contributed by atoms with Gasteiger partial charge in [-0.3, -0.25) is 4.79 Å². The molecule has 0 spiro atoms. The van der Waals surface area contributed by atoms with E-state index in [1.165, 1.54) is 0 Å². The number of methoxy groups -OCH3 is 1. The molecule has 4 nitrogen and oxygen atoms in total. The molecule has 1 amide bonds. The summed E-state index contributed by atoms with van der Waals surface area (Å²) in [5.74, 6) is 1.28. The Morgan fingerprint density at radius 3 is 2.29 bits per heavy atom. The Labute approximate surface area is 124 Å². The molecule has 2 rings (SSSR count). The summed E-state index contributed by atoms with van der Waals surface area (Å²) in [6, 6.07) is 16.5. The monoisotopic (exact) mass is 285 g/mol. The van der Waals surface area contributed by atoms with Crippen LogP contribution in [0.25, 0.3) is 0 Å². The average molecular weight is 285 g/mol. The largest absolute Gasteiger partial charge is 0.497 e. The number of benzene rings is 2. The van der Waals surface area contributed by atoms with Crippen LogP contribution in [-0.4, -0.2) is 19.1 Å². The summed E-state index contributed by atoms with van der Waals surface area (Å²) in [6.45, 7) is 1.92. The number of amides is 1. The Hall–Kier alpha value is -2.49. The molecule has 1 atom stereocenters. The molecule has 0 aliphatic carbocycles. The summed E-state index contributed by atoms with van der Waals surface area (Å²) in [7, 11) is 1.61. The first kappa shape index (κ1) is 14.9. The van der Waals surface area contributed by atoms with Crippen LogP contribution in [0, 0.1) is 0 Å². The van der Waals surface area contributed by atoms with Crippen LogP contribution >= 0.6 is 0 Å². The first-order valence-electron chi connectivity index (χ1n) is 6.89. The Kier molecular flexibility index (Phi) is 5.21.